The van der Waals surface area contributed by atoms with Crippen LogP contribution in [0.15, 0.2) is 0 Å². The van der Waals surface area contributed by atoms with Crippen molar-refractivity contribution in [2.45, 2.75) is 37.4 Å². The Kier molecular flexibility index (Phi) is 1.42. The van der Waals surface area contributed by atoms with E-state index in [1.54, 1.807) is 0 Å². The van der Waals surface area contributed by atoms with Gasteiger partial charge < -0.3 is 5.11 Å². The normalized spacial score (nSPS) is 44.2. The van der Waals surface area contributed by atoms with Crippen molar-refractivity contribution in [3.8, 4) is 0 Å². The van der Waals surface area contributed by atoms with Gasteiger partial charge in [-0.15, -0.1) is 0 Å². The van der Waals surface area contributed by atoms with Gasteiger partial charge in [0.15, 0.2) is 0 Å². The van der Waals surface area contributed by atoms with Crippen molar-refractivity contribution in [3.05, 3.63) is 0 Å². The van der Waals surface area contributed by atoms with Crippen molar-refractivity contribution in [2.75, 3.05) is 13.1 Å². The van der Waals surface area contributed by atoms with Crippen LogP contribution in [-0.2, 0) is 4.79 Å². The summed E-state index contributed by atoms with van der Waals surface area (Å²) in [6.07, 6.45) is 2.20. The molecule has 1 saturated carbocycles. The summed E-state index contributed by atoms with van der Waals surface area (Å²) in [5.74, 6) is -0.818. The summed E-state index contributed by atoms with van der Waals surface area (Å²) >= 11 is 0. The lowest BCUT2D eigenvalue weighted by Crippen LogP contribution is -2.45. The van der Waals surface area contributed by atoms with Gasteiger partial charge in [-0.05, 0) is 24.7 Å². The maximum Gasteiger partial charge on any atom is 0.324 e. The molecule has 0 bridgehead atoms. The van der Waals surface area contributed by atoms with Crippen molar-refractivity contribution in [2.24, 2.45) is 5.41 Å². The van der Waals surface area contributed by atoms with Crippen LogP contribution in [0.25, 0.3) is 0 Å². The minimum atomic E-state index is -0.942. The molecule has 3 aliphatic rings. The van der Waals surface area contributed by atoms with Crippen molar-refractivity contribution >= 4 is 5.97 Å². The molecule has 3 nitrogen and oxygen atoms in total. The van der Waals surface area contributed by atoms with Crippen molar-refractivity contribution in [1.82, 2.24) is 4.90 Å². The van der Waals surface area contributed by atoms with Crippen LogP contribution in [0, 0.1) is 5.41 Å². The molecule has 1 aliphatic carbocycles. The third kappa shape index (κ3) is 0.922. The molecule has 2 saturated heterocycles. The standard InChI is InChI=1S/C10H14FNO2/c11-7-3-10(8(13)14)5-9(1-2-9)6-12(10)4-7/h7H,1-6H2,(H,13,14)/t7-,10+/m1/s1. The highest BCUT2D eigenvalue weighted by Gasteiger charge is 2.65. The lowest BCUT2D eigenvalue weighted by atomic mass is 9.88. The summed E-state index contributed by atoms with van der Waals surface area (Å²) in [5, 5.41) is 9.24. The van der Waals surface area contributed by atoms with Gasteiger partial charge in [-0.1, -0.05) is 0 Å². The number of carboxylic acid groups (broad SMARTS) is 1. The molecule has 14 heavy (non-hydrogen) atoms. The number of hydrogen-bond donors (Lipinski definition) is 1. The first-order chi connectivity index (χ1) is 6.56. The Morgan fingerprint density at radius 1 is 1.50 bits per heavy atom. The van der Waals surface area contributed by atoms with Gasteiger partial charge in [-0.25, -0.2) is 4.39 Å². The van der Waals surface area contributed by atoms with Gasteiger partial charge in [0.1, 0.15) is 11.7 Å². The average molecular weight is 199 g/mol. The molecule has 2 heterocycles. The maximum atomic E-state index is 13.2. The fourth-order valence-corrected chi connectivity index (χ4v) is 3.26. The number of alkyl halides is 1. The summed E-state index contributed by atoms with van der Waals surface area (Å²) in [5.41, 5.74) is -0.603. The van der Waals surface area contributed by atoms with Gasteiger partial charge in [0.05, 0.1) is 0 Å². The van der Waals surface area contributed by atoms with E-state index >= 15 is 0 Å². The predicted molar refractivity (Wildman–Crippen MR) is 47.7 cm³/mol. The Balaban J connectivity index is 1.94. The van der Waals surface area contributed by atoms with E-state index in [1.165, 1.54) is 0 Å². The Hall–Kier alpha value is -0.640. The van der Waals surface area contributed by atoms with Crippen LogP contribution in [0.3, 0.4) is 0 Å². The van der Waals surface area contributed by atoms with E-state index in [-0.39, 0.29) is 11.8 Å². The lowest BCUT2D eigenvalue weighted by molar-refractivity contribution is -0.148. The highest BCUT2D eigenvalue weighted by molar-refractivity contribution is 5.80. The zero-order chi connectivity index (χ0) is 9.97. The summed E-state index contributed by atoms with van der Waals surface area (Å²) < 4.78 is 13.2. The molecule has 3 rings (SSSR count). The number of nitrogens with zero attached hydrogens (tertiary/aromatic N) is 1. The molecule has 0 amide bonds. The molecule has 1 spiro atoms. The van der Waals surface area contributed by atoms with Crippen molar-refractivity contribution in [1.29, 1.82) is 0 Å². The second kappa shape index (κ2) is 2.30. The Labute approximate surface area is 81.9 Å². The fraction of sp³-hybridized carbons (Fsp3) is 0.900. The van der Waals surface area contributed by atoms with E-state index in [2.05, 4.69) is 0 Å². The van der Waals surface area contributed by atoms with Gasteiger partial charge in [-0.3, -0.25) is 9.69 Å². The summed E-state index contributed by atoms with van der Waals surface area (Å²) in [4.78, 5) is 13.1. The maximum absolute atomic E-state index is 13.2. The van der Waals surface area contributed by atoms with Crippen LogP contribution in [0.4, 0.5) is 4.39 Å². The number of carbonyl (C=O) groups is 1. The van der Waals surface area contributed by atoms with Crippen LogP contribution in [0.2, 0.25) is 0 Å². The minimum absolute atomic E-state index is 0.198. The van der Waals surface area contributed by atoms with E-state index in [1.807, 2.05) is 4.90 Å². The van der Waals surface area contributed by atoms with Gasteiger partial charge in [0.2, 0.25) is 0 Å². The molecular weight excluding hydrogens is 185 g/mol. The second-order valence-electron chi connectivity index (χ2n) is 5.20. The Morgan fingerprint density at radius 2 is 2.21 bits per heavy atom. The average Bonchev–Trinajstić information content (AvgIpc) is 2.62. The first-order valence-electron chi connectivity index (χ1n) is 5.19. The molecule has 0 aromatic heterocycles. The minimum Gasteiger partial charge on any atom is -0.480 e. The van der Waals surface area contributed by atoms with E-state index in [0.717, 1.165) is 19.4 Å². The van der Waals surface area contributed by atoms with Gasteiger partial charge in [0, 0.05) is 19.5 Å². The molecule has 2 aliphatic heterocycles. The van der Waals surface area contributed by atoms with E-state index in [0.29, 0.717) is 13.0 Å². The topological polar surface area (TPSA) is 40.5 Å². The molecule has 1 N–H and O–H groups in total. The number of hydrogen-bond acceptors (Lipinski definition) is 2. The van der Waals surface area contributed by atoms with Crippen molar-refractivity contribution < 1.29 is 14.3 Å². The summed E-state index contributed by atoms with van der Waals surface area (Å²) in [7, 11) is 0. The van der Waals surface area contributed by atoms with Crippen LogP contribution >= 0.6 is 0 Å². The zero-order valence-electron chi connectivity index (χ0n) is 8.00. The number of carboxylic acids is 1. The third-order valence-corrected chi connectivity index (χ3v) is 4.13. The molecule has 78 valence electrons. The largest absolute Gasteiger partial charge is 0.480 e. The van der Waals surface area contributed by atoms with E-state index in [4.69, 9.17) is 0 Å². The molecule has 2 atom stereocenters. The highest BCUT2D eigenvalue weighted by atomic mass is 19.1. The quantitative estimate of drug-likeness (QED) is 0.686. The SMILES string of the molecule is O=C(O)[C@@]12C[C@@H](F)CN1CC1(CC1)C2. The monoisotopic (exact) mass is 199 g/mol. The molecular formula is C10H14FNO2. The molecule has 4 heteroatoms. The van der Waals surface area contributed by atoms with E-state index in [9.17, 15) is 14.3 Å². The van der Waals surface area contributed by atoms with Gasteiger partial charge >= 0.3 is 5.97 Å². The molecule has 0 unspecified atom stereocenters. The third-order valence-electron chi connectivity index (χ3n) is 4.13. The van der Waals surface area contributed by atoms with Crippen LogP contribution in [0.5, 0.6) is 0 Å². The molecule has 0 radical (unpaired) electrons. The van der Waals surface area contributed by atoms with Gasteiger partial charge in [-0.2, -0.15) is 0 Å². The number of halogens is 1. The highest BCUT2D eigenvalue weighted by Crippen LogP contribution is 2.60. The van der Waals surface area contributed by atoms with Gasteiger partial charge in [0.25, 0.3) is 0 Å². The summed E-state index contributed by atoms with van der Waals surface area (Å²) in [6, 6.07) is 0. The fourth-order valence-electron chi connectivity index (χ4n) is 3.26. The first-order valence-corrected chi connectivity index (χ1v) is 5.19. The Bertz CT molecular complexity index is 302. The van der Waals surface area contributed by atoms with E-state index < -0.39 is 17.7 Å². The lowest BCUT2D eigenvalue weighted by Gasteiger charge is -2.25. The summed E-state index contributed by atoms with van der Waals surface area (Å²) in [6.45, 7) is 1.13. The number of rotatable bonds is 1. The van der Waals surface area contributed by atoms with Crippen LogP contribution in [0.1, 0.15) is 25.7 Å². The van der Waals surface area contributed by atoms with Crippen LogP contribution < -0.4 is 0 Å². The molecule has 0 aromatic rings. The molecule has 3 fully saturated rings. The smallest absolute Gasteiger partial charge is 0.324 e. The Morgan fingerprint density at radius 3 is 2.71 bits per heavy atom. The second-order valence-corrected chi connectivity index (χ2v) is 5.20. The zero-order valence-corrected chi connectivity index (χ0v) is 8.00. The number of aliphatic carboxylic acids is 1. The van der Waals surface area contributed by atoms with Crippen LogP contribution in [-0.4, -0.2) is 40.8 Å². The predicted octanol–water partition coefficient (Wildman–Crippen LogP) is 1.04. The molecule has 0 aromatic carbocycles. The van der Waals surface area contributed by atoms with Crippen molar-refractivity contribution in [3.63, 3.8) is 0 Å². The first kappa shape index (κ1) is 8.65. The number of fused-ring (bicyclic) bond motifs is 1.